The molecule has 2 aromatic carbocycles. The van der Waals surface area contributed by atoms with Crippen LogP contribution in [-0.2, 0) is 6.54 Å². The molecule has 3 rings (SSSR count). The first-order chi connectivity index (χ1) is 11.1. The Bertz CT molecular complexity index is 995. The molecule has 0 unspecified atom stereocenters. The van der Waals surface area contributed by atoms with Crippen molar-refractivity contribution in [3.63, 3.8) is 0 Å². The van der Waals surface area contributed by atoms with E-state index in [1.807, 2.05) is 30.3 Å². The van der Waals surface area contributed by atoms with Gasteiger partial charge in [0.05, 0.1) is 5.52 Å². The van der Waals surface area contributed by atoms with Crippen LogP contribution >= 0.6 is 0 Å². The monoisotopic (exact) mass is 303 g/mol. The Morgan fingerprint density at radius 1 is 1.17 bits per heavy atom. The normalized spacial score (nSPS) is 10.4. The van der Waals surface area contributed by atoms with E-state index in [1.54, 1.807) is 22.8 Å². The lowest BCUT2D eigenvalue weighted by Gasteiger charge is -2.13. The van der Waals surface area contributed by atoms with Crippen LogP contribution in [0.1, 0.15) is 21.5 Å². The summed E-state index contributed by atoms with van der Waals surface area (Å²) >= 11 is 0. The highest BCUT2D eigenvalue weighted by Crippen LogP contribution is 2.16. The summed E-state index contributed by atoms with van der Waals surface area (Å²) in [4.78, 5) is 23.7. The van der Waals surface area contributed by atoms with Gasteiger partial charge in [0.15, 0.2) is 0 Å². The Kier molecular flexibility index (Phi) is 3.70. The largest absolute Gasteiger partial charge is 0.477 e. The number of rotatable bonds is 3. The van der Waals surface area contributed by atoms with Gasteiger partial charge in [0.1, 0.15) is 5.56 Å². The number of carbonyl (C=O) groups is 1. The highest BCUT2D eigenvalue weighted by molar-refractivity contribution is 5.92. The van der Waals surface area contributed by atoms with E-state index >= 15 is 0 Å². The zero-order valence-electron chi connectivity index (χ0n) is 12.2. The Hall–Kier alpha value is -3.32. The number of nitrogens with zero attached hydrogens (tertiary/aromatic N) is 1. The van der Waals surface area contributed by atoms with Crippen LogP contribution in [0.15, 0.2) is 59.5 Å². The van der Waals surface area contributed by atoms with Gasteiger partial charge < -0.3 is 9.67 Å². The van der Waals surface area contributed by atoms with Gasteiger partial charge in [-0.25, -0.2) is 4.79 Å². The molecule has 0 aliphatic heterocycles. The lowest BCUT2D eigenvalue weighted by Crippen LogP contribution is -2.19. The summed E-state index contributed by atoms with van der Waals surface area (Å²) < 4.78 is 1.75. The third kappa shape index (κ3) is 2.72. The molecule has 0 saturated carbocycles. The number of carboxylic acid groups (broad SMARTS) is 1. The van der Waals surface area contributed by atoms with Gasteiger partial charge in [-0.1, -0.05) is 36.3 Å². The van der Waals surface area contributed by atoms with E-state index in [1.165, 1.54) is 6.20 Å². The van der Waals surface area contributed by atoms with Crippen molar-refractivity contribution in [2.24, 2.45) is 0 Å². The lowest BCUT2D eigenvalue weighted by atomic mass is 10.1. The number of benzene rings is 2. The molecule has 3 aromatic rings. The van der Waals surface area contributed by atoms with Crippen LogP contribution in [0.25, 0.3) is 10.9 Å². The Morgan fingerprint density at radius 3 is 2.57 bits per heavy atom. The topological polar surface area (TPSA) is 59.3 Å². The van der Waals surface area contributed by atoms with Gasteiger partial charge in [-0.05, 0) is 23.8 Å². The minimum absolute atomic E-state index is 0.248. The number of aromatic carboxylic acids is 1. The molecular formula is C19H13NO3. The molecule has 0 radical (unpaired) electrons. The second kappa shape index (κ2) is 5.82. The molecule has 0 spiro atoms. The molecule has 1 aromatic heterocycles. The highest BCUT2D eigenvalue weighted by Gasteiger charge is 2.14. The SMILES string of the molecule is C#Cc1ccc2c(=O)c(C(=O)O)cn(Cc3ccccc3)c2c1. The number of hydrogen-bond donors (Lipinski definition) is 1. The third-order valence-corrected chi connectivity index (χ3v) is 3.67. The van der Waals surface area contributed by atoms with Crippen LogP contribution in [-0.4, -0.2) is 15.6 Å². The molecule has 0 aliphatic rings. The van der Waals surface area contributed by atoms with Crippen LogP contribution in [0, 0.1) is 12.3 Å². The zero-order valence-corrected chi connectivity index (χ0v) is 12.2. The molecule has 1 N–H and O–H groups in total. The summed E-state index contributed by atoms with van der Waals surface area (Å²) in [6.45, 7) is 0.450. The van der Waals surface area contributed by atoms with Crippen molar-refractivity contribution in [3.05, 3.63) is 81.6 Å². The van der Waals surface area contributed by atoms with Crippen molar-refractivity contribution >= 4 is 16.9 Å². The molecule has 0 amide bonds. The highest BCUT2D eigenvalue weighted by atomic mass is 16.4. The number of fused-ring (bicyclic) bond motifs is 1. The van der Waals surface area contributed by atoms with E-state index in [-0.39, 0.29) is 5.56 Å². The van der Waals surface area contributed by atoms with E-state index in [9.17, 15) is 14.7 Å². The molecule has 112 valence electrons. The lowest BCUT2D eigenvalue weighted by molar-refractivity contribution is 0.0695. The van der Waals surface area contributed by atoms with E-state index in [2.05, 4.69) is 5.92 Å². The van der Waals surface area contributed by atoms with Crippen LogP contribution in [0.3, 0.4) is 0 Å². The standard InChI is InChI=1S/C19H13NO3/c1-2-13-8-9-15-17(10-13)20(11-14-6-4-3-5-7-14)12-16(18(15)21)19(22)23/h1,3-10,12H,11H2,(H,22,23). The average Bonchev–Trinajstić information content (AvgIpc) is 2.57. The second-order valence-electron chi connectivity index (χ2n) is 5.17. The summed E-state index contributed by atoms with van der Waals surface area (Å²) in [5.74, 6) is 1.30. The number of hydrogen-bond acceptors (Lipinski definition) is 2. The Labute approximate surface area is 132 Å². The van der Waals surface area contributed by atoms with Crippen molar-refractivity contribution in [1.29, 1.82) is 0 Å². The molecule has 1 heterocycles. The minimum atomic E-state index is -1.24. The molecule has 0 fully saturated rings. The molecule has 0 atom stereocenters. The molecular weight excluding hydrogens is 290 g/mol. The Morgan fingerprint density at radius 2 is 1.91 bits per heavy atom. The summed E-state index contributed by atoms with van der Waals surface area (Å²) in [5, 5.41) is 9.62. The summed E-state index contributed by atoms with van der Waals surface area (Å²) in [7, 11) is 0. The summed E-state index contributed by atoms with van der Waals surface area (Å²) in [6.07, 6.45) is 6.80. The third-order valence-electron chi connectivity index (χ3n) is 3.67. The molecule has 0 aliphatic carbocycles. The first-order valence-electron chi connectivity index (χ1n) is 7.01. The van der Waals surface area contributed by atoms with Crippen LogP contribution < -0.4 is 5.43 Å². The molecule has 4 heteroatoms. The molecule has 4 nitrogen and oxygen atoms in total. The average molecular weight is 303 g/mol. The predicted octanol–water partition coefficient (Wildman–Crippen LogP) is 2.73. The smallest absolute Gasteiger partial charge is 0.341 e. The van der Waals surface area contributed by atoms with Crippen molar-refractivity contribution in [2.75, 3.05) is 0 Å². The number of pyridine rings is 1. The van der Waals surface area contributed by atoms with E-state index in [0.717, 1.165) is 5.56 Å². The van der Waals surface area contributed by atoms with Crippen LogP contribution in [0.4, 0.5) is 0 Å². The number of aromatic nitrogens is 1. The number of carboxylic acids is 1. The second-order valence-corrected chi connectivity index (χ2v) is 5.17. The predicted molar refractivity (Wildman–Crippen MR) is 88.6 cm³/mol. The van der Waals surface area contributed by atoms with Gasteiger partial charge in [-0.15, -0.1) is 6.42 Å². The number of terminal acetylenes is 1. The fraction of sp³-hybridized carbons (Fsp3) is 0.0526. The van der Waals surface area contributed by atoms with Crippen molar-refractivity contribution in [1.82, 2.24) is 4.57 Å². The van der Waals surface area contributed by atoms with Crippen molar-refractivity contribution < 1.29 is 9.90 Å². The van der Waals surface area contributed by atoms with Gasteiger partial charge in [0, 0.05) is 23.7 Å². The molecule has 0 bridgehead atoms. The van der Waals surface area contributed by atoms with Crippen molar-refractivity contribution in [2.45, 2.75) is 6.54 Å². The maximum atomic E-state index is 12.3. The Balaban J connectivity index is 2.29. The van der Waals surface area contributed by atoms with Crippen LogP contribution in [0.5, 0.6) is 0 Å². The zero-order chi connectivity index (χ0) is 16.4. The fourth-order valence-corrected chi connectivity index (χ4v) is 2.54. The minimum Gasteiger partial charge on any atom is -0.477 e. The quantitative estimate of drug-likeness (QED) is 0.757. The van der Waals surface area contributed by atoms with Gasteiger partial charge >= 0.3 is 5.97 Å². The maximum Gasteiger partial charge on any atom is 0.341 e. The first kappa shape index (κ1) is 14.6. The van der Waals surface area contributed by atoms with E-state index in [0.29, 0.717) is 23.0 Å². The molecule has 23 heavy (non-hydrogen) atoms. The van der Waals surface area contributed by atoms with E-state index < -0.39 is 11.4 Å². The van der Waals surface area contributed by atoms with Gasteiger partial charge in [0.2, 0.25) is 5.43 Å². The van der Waals surface area contributed by atoms with Gasteiger partial charge in [-0.3, -0.25) is 4.79 Å². The van der Waals surface area contributed by atoms with E-state index in [4.69, 9.17) is 6.42 Å². The maximum absolute atomic E-state index is 12.3. The summed E-state index contributed by atoms with van der Waals surface area (Å²) in [6, 6.07) is 14.6. The summed E-state index contributed by atoms with van der Waals surface area (Å²) in [5.41, 5.74) is 1.52. The fourth-order valence-electron chi connectivity index (χ4n) is 2.54. The molecule has 0 saturated heterocycles. The van der Waals surface area contributed by atoms with Gasteiger partial charge in [0.25, 0.3) is 0 Å². The van der Waals surface area contributed by atoms with Crippen molar-refractivity contribution in [3.8, 4) is 12.3 Å². The van der Waals surface area contributed by atoms with Gasteiger partial charge in [-0.2, -0.15) is 0 Å². The van der Waals surface area contributed by atoms with Crippen LogP contribution in [0.2, 0.25) is 0 Å². The first-order valence-corrected chi connectivity index (χ1v) is 7.01.